The Bertz CT molecular complexity index is 1320. The zero-order valence-electron chi connectivity index (χ0n) is 21.2. The molecule has 3 aliphatic carbocycles. The van der Waals surface area contributed by atoms with Crippen LogP contribution in [0.15, 0.2) is 28.7 Å². The van der Waals surface area contributed by atoms with Gasteiger partial charge in [-0.05, 0) is 63.5 Å². The number of aliphatic hydroxyl groups excluding tert-OH is 2. The van der Waals surface area contributed by atoms with Gasteiger partial charge in [-0.3, -0.25) is 19.3 Å². The van der Waals surface area contributed by atoms with E-state index in [1.165, 1.54) is 4.90 Å². The first-order valence-electron chi connectivity index (χ1n) is 12.3. The molecule has 7 N–H and O–H groups in total. The summed E-state index contributed by atoms with van der Waals surface area (Å²) in [5.41, 5.74) is 4.15. The van der Waals surface area contributed by atoms with Gasteiger partial charge in [-0.2, -0.15) is 0 Å². The normalized spacial score (nSPS) is 31.2. The molecule has 4 aliphatic rings. The number of carbonyl (C=O) groups is 3. The maximum absolute atomic E-state index is 13.8. The molecular weight excluding hydrogens is 480 g/mol. The number of ketones is 2. The van der Waals surface area contributed by atoms with Crippen molar-refractivity contribution in [3.63, 3.8) is 0 Å². The van der Waals surface area contributed by atoms with Crippen molar-refractivity contribution in [3.05, 3.63) is 45.4 Å². The van der Waals surface area contributed by atoms with E-state index in [2.05, 4.69) is 5.32 Å². The number of benzene rings is 1. The molecule has 11 heteroatoms. The Balaban J connectivity index is 1.73. The SMILES string of the molecule is CNC1CCN(C)c2c1cc(O)c1c2C[C@H]2C[C@H]3[C@@H](N(C)C)C(O)=C(C(N)=O)C(=O)[C@@]3(O)C(O)=C2C1=O. The number of carbonyl (C=O) groups excluding carboxylic acids is 3. The zero-order valence-corrected chi connectivity index (χ0v) is 21.2. The number of fused-ring (bicyclic) bond motifs is 5. The maximum atomic E-state index is 13.8. The number of nitrogens with one attached hydrogen (secondary N) is 1. The van der Waals surface area contributed by atoms with Crippen molar-refractivity contribution in [2.24, 2.45) is 17.6 Å². The molecule has 1 unspecified atom stereocenters. The molecule has 1 amide bonds. The minimum Gasteiger partial charge on any atom is -0.510 e. The highest BCUT2D eigenvalue weighted by molar-refractivity contribution is 6.24. The van der Waals surface area contributed by atoms with Gasteiger partial charge in [-0.15, -0.1) is 0 Å². The fraction of sp³-hybridized carbons (Fsp3) is 0.500. The molecule has 198 valence electrons. The van der Waals surface area contributed by atoms with E-state index < -0.39 is 58.0 Å². The summed E-state index contributed by atoms with van der Waals surface area (Å²) in [5, 5.41) is 48.2. The Morgan fingerprint density at radius 3 is 2.51 bits per heavy atom. The van der Waals surface area contributed by atoms with Crippen LogP contribution in [0.5, 0.6) is 5.75 Å². The number of aromatic hydroxyl groups is 1. The summed E-state index contributed by atoms with van der Waals surface area (Å²) in [7, 11) is 6.97. The summed E-state index contributed by atoms with van der Waals surface area (Å²) < 4.78 is 0. The van der Waals surface area contributed by atoms with E-state index in [0.29, 0.717) is 5.56 Å². The molecule has 0 radical (unpaired) electrons. The van der Waals surface area contributed by atoms with Crippen molar-refractivity contribution in [1.82, 2.24) is 10.2 Å². The molecule has 0 aromatic heterocycles. The lowest BCUT2D eigenvalue weighted by atomic mass is 9.58. The van der Waals surface area contributed by atoms with Crippen LogP contribution in [0.4, 0.5) is 5.69 Å². The Morgan fingerprint density at radius 1 is 1.24 bits per heavy atom. The van der Waals surface area contributed by atoms with Gasteiger partial charge in [0.15, 0.2) is 11.4 Å². The number of anilines is 1. The Hall–Kier alpha value is -3.41. The summed E-state index contributed by atoms with van der Waals surface area (Å²) in [6.07, 6.45) is 1.15. The summed E-state index contributed by atoms with van der Waals surface area (Å²) in [5.74, 6) is -6.48. The smallest absolute Gasteiger partial charge is 0.255 e. The Labute approximate surface area is 213 Å². The molecule has 1 aliphatic heterocycles. The first kappa shape index (κ1) is 25.2. The number of hydrogen-bond donors (Lipinski definition) is 6. The highest BCUT2D eigenvalue weighted by Crippen LogP contribution is 2.54. The second-order valence-electron chi connectivity index (χ2n) is 10.7. The van der Waals surface area contributed by atoms with Gasteiger partial charge in [0.25, 0.3) is 5.91 Å². The van der Waals surface area contributed by atoms with E-state index in [-0.39, 0.29) is 35.8 Å². The van der Waals surface area contributed by atoms with Gasteiger partial charge in [0.05, 0.1) is 11.6 Å². The molecule has 1 aromatic carbocycles. The molecular formula is C26H32N4O7. The topological polar surface area (TPSA) is 177 Å². The fourth-order valence-electron chi connectivity index (χ4n) is 6.94. The zero-order chi connectivity index (χ0) is 27.1. The van der Waals surface area contributed by atoms with Crippen molar-refractivity contribution in [3.8, 4) is 5.75 Å². The quantitative estimate of drug-likeness (QED) is 0.307. The number of allylic oxidation sites excluding steroid dienone is 1. The maximum Gasteiger partial charge on any atom is 0.255 e. The average Bonchev–Trinajstić information content (AvgIpc) is 2.81. The lowest BCUT2D eigenvalue weighted by molar-refractivity contribution is -0.148. The number of primary amides is 1. The van der Waals surface area contributed by atoms with Crippen LogP contribution in [-0.2, 0) is 16.0 Å². The van der Waals surface area contributed by atoms with E-state index in [1.807, 2.05) is 19.0 Å². The summed E-state index contributed by atoms with van der Waals surface area (Å²) in [4.78, 5) is 42.9. The molecule has 0 fully saturated rings. The first-order valence-corrected chi connectivity index (χ1v) is 12.3. The van der Waals surface area contributed by atoms with Crippen LogP contribution >= 0.6 is 0 Å². The predicted molar refractivity (Wildman–Crippen MR) is 133 cm³/mol. The number of nitrogens with zero attached hydrogens (tertiary/aromatic N) is 2. The molecule has 1 heterocycles. The summed E-state index contributed by atoms with van der Waals surface area (Å²) >= 11 is 0. The van der Waals surface area contributed by atoms with Crippen molar-refractivity contribution >= 4 is 23.2 Å². The number of Topliss-reactive ketones (excluding diaryl/α,β-unsaturated/α-hetero) is 2. The van der Waals surface area contributed by atoms with Gasteiger partial charge < -0.3 is 36.4 Å². The number of nitrogens with two attached hydrogens (primary N) is 1. The first-order chi connectivity index (χ1) is 17.4. The lowest BCUT2D eigenvalue weighted by Gasteiger charge is -2.50. The number of phenols is 1. The Kier molecular flexibility index (Phi) is 5.67. The average molecular weight is 513 g/mol. The van der Waals surface area contributed by atoms with Gasteiger partial charge >= 0.3 is 0 Å². The third kappa shape index (κ3) is 3.20. The summed E-state index contributed by atoms with van der Waals surface area (Å²) in [6, 6.07) is 0.531. The molecule has 5 atom stereocenters. The number of phenolic OH excluding ortho intramolecular Hbond substituents is 1. The molecule has 0 saturated heterocycles. The van der Waals surface area contributed by atoms with Crippen LogP contribution in [0.25, 0.3) is 0 Å². The fourth-order valence-corrected chi connectivity index (χ4v) is 6.94. The van der Waals surface area contributed by atoms with Crippen LogP contribution in [0.1, 0.15) is 40.4 Å². The highest BCUT2D eigenvalue weighted by Gasteiger charge is 2.63. The molecule has 0 saturated carbocycles. The van der Waals surface area contributed by atoms with E-state index >= 15 is 0 Å². The second kappa shape index (κ2) is 8.30. The van der Waals surface area contributed by atoms with Crippen molar-refractivity contribution < 1.29 is 34.8 Å². The van der Waals surface area contributed by atoms with Gasteiger partial charge in [0.2, 0.25) is 5.78 Å². The molecule has 5 rings (SSSR count). The van der Waals surface area contributed by atoms with Crippen LogP contribution < -0.4 is 16.0 Å². The summed E-state index contributed by atoms with van der Waals surface area (Å²) in [6.45, 7) is 0.733. The minimum atomic E-state index is -2.64. The van der Waals surface area contributed by atoms with Crippen LogP contribution in [0.2, 0.25) is 0 Å². The number of hydrogen-bond acceptors (Lipinski definition) is 10. The third-order valence-electron chi connectivity index (χ3n) is 8.58. The largest absolute Gasteiger partial charge is 0.510 e. The van der Waals surface area contributed by atoms with Gasteiger partial charge in [0.1, 0.15) is 22.8 Å². The van der Waals surface area contributed by atoms with Gasteiger partial charge in [0, 0.05) is 36.8 Å². The molecule has 37 heavy (non-hydrogen) atoms. The molecule has 11 nitrogen and oxygen atoms in total. The standard InChI is InChI=1S/C26H32N4O7/c1-28-14-5-6-30(4)19-11(14)9-15(31)17-12(19)7-10-8-13-20(29(2)3)22(33)18(25(27)36)24(35)26(13,37)23(34)16(10)21(17)32/h9-10,13-14,20,28,31,33-34,37H,5-8H2,1-4H3,(H2,27,36)/t10-,13-,14?,20+,26-/m0/s1. The van der Waals surface area contributed by atoms with Gasteiger partial charge in [-0.25, -0.2) is 0 Å². The van der Waals surface area contributed by atoms with Gasteiger partial charge in [-0.1, -0.05) is 0 Å². The molecule has 1 aromatic rings. The monoisotopic (exact) mass is 512 g/mol. The van der Waals surface area contributed by atoms with Crippen LogP contribution in [-0.4, -0.2) is 89.2 Å². The van der Waals surface area contributed by atoms with E-state index in [9.17, 15) is 34.8 Å². The number of rotatable bonds is 3. The highest BCUT2D eigenvalue weighted by atomic mass is 16.3. The molecule has 0 bridgehead atoms. The third-order valence-corrected chi connectivity index (χ3v) is 8.58. The molecule has 0 spiro atoms. The number of aliphatic hydroxyl groups is 3. The van der Waals surface area contributed by atoms with Crippen molar-refractivity contribution in [1.29, 1.82) is 0 Å². The number of likely N-dealkylation sites (N-methyl/N-ethyl adjacent to an activating group) is 1. The minimum absolute atomic E-state index is 0.0114. The van der Waals surface area contributed by atoms with E-state index in [1.54, 1.807) is 20.2 Å². The van der Waals surface area contributed by atoms with Crippen LogP contribution in [0.3, 0.4) is 0 Å². The van der Waals surface area contributed by atoms with Crippen molar-refractivity contribution in [2.75, 3.05) is 39.6 Å². The van der Waals surface area contributed by atoms with Crippen molar-refractivity contribution in [2.45, 2.75) is 36.9 Å². The van der Waals surface area contributed by atoms with E-state index in [0.717, 1.165) is 24.2 Å². The predicted octanol–water partition coefficient (Wildman–Crippen LogP) is 0.221. The number of amides is 1. The Morgan fingerprint density at radius 2 is 1.92 bits per heavy atom. The van der Waals surface area contributed by atoms with Crippen LogP contribution in [0, 0.1) is 11.8 Å². The lowest BCUT2D eigenvalue weighted by Crippen LogP contribution is -2.63. The second-order valence-corrected chi connectivity index (χ2v) is 10.7. The van der Waals surface area contributed by atoms with E-state index in [4.69, 9.17) is 5.73 Å².